The minimum Gasteiger partial charge on any atom is -0.492 e. The molecule has 6 rings (SSSR count). The van der Waals surface area contributed by atoms with E-state index in [0.29, 0.717) is 45.1 Å². The van der Waals surface area contributed by atoms with Gasteiger partial charge in [-0.05, 0) is 184 Å². The number of aliphatic hydroxyl groups excluding tert-OH is 1. The molecule has 1 aromatic heterocycles. The highest BCUT2D eigenvalue weighted by atomic mass is 33.1. The first-order valence-electron chi connectivity index (χ1n) is 44.5. The second-order valence-electron chi connectivity index (χ2n) is 35.9. The number of aliphatic hydroxyl groups is 1. The Morgan fingerprint density at radius 2 is 1.15 bits per heavy atom. The molecular weight excluding hydrogens is 1760 g/mol. The summed E-state index contributed by atoms with van der Waals surface area (Å²) in [6.07, 6.45) is -2.29. The Bertz CT molecular complexity index is 4950. The van der Waals surface area contributed by atoms with Crippen LogP contribution in [0.25, 0.3) is 21.7 Å². The van der Waals surface area contributed by atoms with Gasteiger partial charge >= 0.3 is 0 Å². The summed E-state index contributed by atoms with van der Waals surface area (Å²) in [7, 11) is 1.80. The zero-order chi connectivity index (χ0) is 99.0. The number of aryl methyl sites for hydroxylation is 1. The zero-order valence-corrected chi connectivity index (χ0v) is 79.5. The molecule has 13 atom stereocenters. The number of H-pyrrole nitrogens is 1. The van der Waals surface area contributed by atoms with E-state index in [-0.39, 0.29) is 115 Å². The number of fused-ring (bicyclic) bond motifs is 2. The maximum absolute atomic E-state index is 16.4. The fraction of sp³-hybridized carbons (Fsp3) is 0.549. The number of rotatable bonds is 45. The van der Waals surface area contributed by atoms with E-state index in [0.717, 1.165) is 46.4 Å². The third-order valence-electron chi connectivity index (χ3n) is 22.2. The van der Waals surface area contributed by atoms with Gasteiger partial charge in [0.15, 0.2) is 0 Å². The molecule has 0 radical (unpaired) electrons. The van der Waals surface area contributed by atoms with Crippen molar-refractivity contribution in [1.29, 1.82) is 0 Å². The summed E-state index contributed by atoms with van der Waals surface area (Å²) in [6.45, 7) is 19.9. The minimum absolute atomic E-state index is 0.0198. The fourth-order valence-corrected chi connectivity index (χ4v) is 17.6. The van der Waals surface area contributed by atoms with Crippen LogP contribution in [0.2, 0.25) is 0 Å². The van der Waals surface area contributed by atoms with E-state index in [1.807, 2.05) is 31.2 Å². The number of aromatic nitrogens is 1. The number of ether oxygens (including phenoxy) is 1. The molecule has 42 heteroatoms. The van der Waals surface area contributed by atoms with Gasteiger partial charge in [0, 0.05) is 79.3 Å². The summed E-state index contributed by atoms with van der Waals surface area (Å²) in [5.41, 5.74) is 34.4. The number of hydrogen-bond donors (Lipinski definition) is 22. The molecule has 40 nitrogen and oxygen atoms in total. The van der Waals surface area contributed by atoms with Crippen molar-refractivity contribution in [2.75, 3.05) is 32.8 Å². The summed E-state index contributed by atoms with van der Waals surface area (Å²) in [5, 5.41) is 51.0. The predicted molar refractivity (Wildman–Crippen MR) is 504 cm³/mol. The summed E-state index contributed by atoms with van der Waals surface area (Å²) in [5.74, 6) is -16.1. The molecule has 2 heterocycles. The van der Waals surface area contributed by atoms with E-state index < -0.39 is 207 Å². The normalized spacial score (nSPS) is 19.2. The van der Waals surface area contributed by atoms with Gasteiger partial charge in [-0.1, -0.05) is 108 Å². The Labute approximate surface area is 782 Å². The Morgan fingerprint density at radius 1 is 0.564 bits per heavy atom. The Kier molecular flexibility index (Phi) is 42.3. The molecule has 5 aromatic rings. The van der Waals surface area contributed by atoms with Gasteiger partial charge in [-0.15, -0.1) is 0 Å². The molecule has 0 aliphatic carbocycles. The Balaban J connectivity index is 1.56. The standard InChI is InChI=1S/C91H135N21O19S2/c1-49(2)41-63(75(96)118)103-80(123)67(46-69(94)116)105-76(119)62(28-16-20-38-98-52(5)114)109-87(130)91(13,35-18-19-36-92)112-82(125)65(44-55-29-32-56-24-14-15-25-57(56)42-55)104-78(121)64(43-54-30-33-59(34-31-54)131-40-37-93)107-85(128)74-90(11,12)133-132-89(9,10)73(101-53(6)115)84(127)108-68(47-70(95)117)81(124)110-72(51(4)113)83(126)106-66(45-58-48-100-71-50(3)23-22-26-60(58)71)79(122)102-61(77(120)111-74)27-17-21-39-99-86(129)88(7,8)97/h14-15,22-26,29-34,42,48-49,51,61-68,72-74,100,113H,16-21,27-28,35-41,43-47,92-93,97H2,1-13H3,(H2,94,116)(H2,95,117)(H2,96,118)(H,98,114)(H,99,129)(H,101,115)(H,102,122)(H,103,123)(H,104,121)(H,105,119)(H,106,126)(H,107,128)(H,108,127)(H,109,130)(H,110,124)(H,111,120)(H,112,125)/t51-,61+,62+,63-,64+,65+,66?,67+,68+,72+,73-,74-,91?/m1/s1. The molecule has 0 spiro atoms. The molecule has 0 saturated carbocycles. The molecule has 17 amide bonds. The lowest BCUT2D eigenvalue weighted by molar-refractivity contribution is -0.138. The van der Waals surface area contributed by atoms with Crippen molar-refractivity contribution >= 4 is 144 Å². The smallest absolute Gasteiger partial charge is 0.246 e. The number of amides is 17. The van der Waals surface area contributed by atoms with Gasteiger partial charge in [0.1, 0.15) is 84.4 Å². The first kappa shape index (κ1) is 110. The largest absolute Gasteiger partial charge is 0.492 e. The molecule has 4 aromatic carbocycles. The van der Waals surface area contributed by atoms with Gasteiger partial charge in [0.25, 0.3) is 0 Å². The van der Waals surface area contributed by atoms with Crippen LogP contribution < -0.4 is 114 Å². The molecule has 1 saturated heterocycles. The van der Waals surface area contributed by atoms with E-state index in [4.69, 9.17) is 39.1 Å². The number of aromatic amines is 1. The van der Waals surface area contributed by atoms with Crippen molar-refractivity contribution in [2.24, 2.45) is 40.3 Å². The lowest BCUT2D eigenvalue weighted by atomic mass is 9.91. The van der Waals surface area contributed by atoms with Gasteiger partial charge in [-0.2, -0.15) is 0 Å². The first-order valence-corrected chi connectivity index (χ1v) is 46.6. The number of benzene rings is 4. The fourth-order valence-electron chi connectivity index (χ4n) is 14.8. The highest BCUT2D eigenvalue weighted by Gasteiger charge is 2.47. The van der Waals surface area contributed by atoms with E-state index in [2.05, 4.69) is 79.4 Å². The molecular formula is C91H135N21O19S2. The number of nitrogens with one attached hydrogen (secondary N) is 15. The van der Waals surface area contributed by atoms with Crippen LogP contribution in [0, 0.1) is 12.8 Å². The molecule has 0 bridgehead atoms. The maximum Gasteiger partial charge on any atom is 0.246 e. The van der Waals surface area contributed by atoms with Crippen molar-refractivity contribution in [2.45, 2.75) is 279 Å². The van der Waals surface area contributed by atoms with Crippen LogP contribution in [0.4, 0.5) is 0 Å². The summed E-state index contributed by atoms with van der Waals surface area (Å²) in [6, 6.07) is 5.60. The third-order valence-corrected chi connectivity index (χ3v) is 26.5. The number of unbranched alkanes of at least 4 members (excludes halogenated alkanes) is 3. The highest BCUT2D eigenvalue weighted by Crippen LogP contribution is 2.47. The second kappa shape index (κ2) is 51.3. The lowest BCUT2D eigenvalue weighted by Gasteiger charge is -2.39. The number of nitrogens with two attached hydrogens (primary N) is 6. The number of carbonyl (C=O) groups is 17. The van der Waals surface area contributed by atoms with Gasteiger partial charge in [-0.25, -0.2) is 0 Å². The number of para-hydroxylation sites is 1. The quantitative estimate of drug-likeness (QED) is 0.0169. The molecule has 28 N–H and O–H groups in total. The van der Waals surface area contributed by atoms with Crippen LogP contribution in [0.3, 0.4) is 0 Å². The Hall–Kier alpha value is -12.0. The number of primary amides is 3. The molecule has 730 valence electrons. The zero-order valence-electron chi connectivity index (χ0n) is 77.9. The summed E-state index contributed by atoms with van der Waals surface area (Å²) in [4.78, 5) is 248. The van der Waals surface area contributed by atoms with Gasteiger partial charge < -0.3 is 124 Å². The molecule has 1 aliphatic heterocycles. The van der Waals surface area contributed by atoms with Crippen LogP contribution in [-0.2, 0) is 101 Å². The highest BCUT2D eigenvalue weighted by molar-refractivity contribution is 8.77. The molecule has 2 unspecified atom stereocenters. The monoisotopic (exact) mass is 1890 g/mol. The topological polar surface area (TPSA) is 660 Å². The van der Waals surface area contributed by atoms with E-state index >= 15 is 28.8 Å². The van der Waals surface area contributed by atoms with Crippen LogP contribution in [-0.4, -0.2) is 236 Å². The van der Waals surface area contributed by atoms with E-state index in [9.17, 15) is 57.8 Å². The molecule has 133 heavy (non-hydrogen) atoms. The second-order valence-corrected chi connectivity index (χ2v) is 39.3. The minimum atomic E-state index is -2.03. The first-order chi connectivity index (χ1) is 62.5. The SMILES string of the molecule is CC(=O)NCCCC[C@H](NC(=O)C(C)(CCCCN)NC(=O)[C@H](Cc1ccc2ccccc2c1)NC(=O)[C@H](Cc1ccc(OCCN)cc1)NC(=O)[C@H]1NC(=O)[C@H](CCCCNC(=O)C(C)(C)N)NC(=O)C(Cc2c[nH]c3c(C)cccc23)NC(=O)[C@H]([C@@H](C)O)NC(=O)[C@H](CC(N)=O)NC(=O)[C@@H](NC(C)=O)C(C)(C)SSC1(C)C)C(=O)N[C@@H](CC(N)=O)C(=O)N[C@H](CC(C)C)C(N)=O. The van der Waals surface area contributed by atoms with Crippen LogP contribution in [0.5, 0.6) is 5.75 Å². The molecule has 1 fully saturated rings. The summed E-state index contributed by atoms with van der Waals surface area (Å²) >= 11 is 0. The van der Waals surface area contributed by atoms with Crippen molar-refractivity contribution in [1.82, 2.24) is 79.4 Å². The van der Waals surface area contributed by atoms with Crippen molar-refractivity contribution < 1.29 is 91.4 Å². The van der Waals surface area contributed by atoms with Crippen molar-refractivity contribution in [3.63, 3.8) is 0 Å². The number of carbonyl (C=O) groups excluding carboxylic acids is 17. The van der Waals surface area contributed by atoms with Crippen LogP contribution in [0.1, 0.15) is 182 Å². The molecule has 1 aliphatic rings. The average Bonchev–Trinajstić information content (AvgIpc) is 1.68. The Morgan fingerprint density at radius 3 is 1.77 bits per heavy atom. The predicted octanol–water partition coefficient (Wildman–Crippen LogP) is -0.703. The maximum atomic E-state index is 16.4. The lowest BCUT2D eigenvalue weighted by Crippen LogP contribution is -2.65. The van der Waals surface area contributed by atoms with E-state index in [1.165, 1.54) is 55.4 Å². The van der Waals surface area contributed by atoms with Crippen molar-refractivity contribution in [3.8, 4) is 5.75 Å². The third kappa shape index (κ3) is 34.8. The van der Waals surface area contributed by atoms with Gasteiger partial charge in [-0.3, -0.25) is 81.5 Å². The van der Waals surface area contributed by atoms with E-state index in [1.54, 1.807) is 80.7 Å². The van der Waals surface area contributed by atoms with Gasteiger partial charge in [0.2, 0.25) is 100 Å². The van der Waals surface area contributed by atoms with Crippen LogP contribution >= 0.6 is 21.6 Å². The van der Waals surface area contributed by atoms with Gasteiger partial charge in [0.05, 0.1) is 24.5 Å². The van der Waals surface area contributed by atoms with Crippen molar-refractivity contribution in [3.05, 3.63) is 113 Å². The average molecular weight is 1890 g/mol. The van der Waals surface area contributed by atoms with Crippen LogP contribution in [0.15, 0.2) is 91.1 Å². The number of hydrogen-bond acceptors (Lipinski definition) is 24. The summed E-state index contributed by atoms with van der Waals surface area (Å²) < 4.78 is 2.56.